The van der Waals surface area contributed by atoms with Crippen LogP contribution in [0, 0.1) is 6.92 Å². The molecule has 1 atom stereocenters. The highest BCUT2D eigenvalue weighted by molar-refractivity contribution is 7.22. The first-order valence-electron chi connectivity index (χ1n) is 8.67. The van der Waals surface area contributed by atoms with Crippen LogP contribution in [-0.4, -0.2) is 39.2 Å². The summed E-state index contributed by atoms with van der Waals surface area (Å²) in [5.74, 6) is 0.125. The molecule has 4 aromatic rings. The van der Waals surface area contributed by atoms with Gasteiger partial charge in [-0.1, -0.05) is 0 Å². The SMILES string of the molecule is COc1cnc2c(-c3nc4ccc5c(c4s3)CC(C(=O)O)O5)cc(C)cc2n1. The number of benzene rings is 2. The largest absolute Gasteiger partial charge is 0.480 e. The van der Waals surface area contributed by atoms with Crippen molar-refractivity contribution in [2.24, 2.45) is 0 Å². The Labute approximate surface area is 163 Å². The standard InChI is InChI=1S/C20H15N3O4S/c1-9-5-11(17-13(6-9)22-16(26-2)8-21-17)19-23-12-3-4-14-10(18(12)28-19)7-15(27-14)20(24)25/h3-6,8,15H,7H2,1-2H3,(H,24,25). The van der Waals surface area contributed by atoms with Crippen LogP contribution in [0.2, 0.25) is 0 Å². The van der Waals surface area contributed by atoms with Crippen molar-refractivity contribution in [2.45, 2.75) is 19.4 Å². The fourth-order valence-corrected chi connectivity index (χ4v) is 4.60. The molecule has 8 heteroatoms. The van der Waals surface area contributed by atoms with Crippen molar-refractivity contribution in [3.63, 3.8) is 0 Å². The number of ether oxygens (including phenoxy) is 2. The van der Waals surface area contributed by atoms with Crippen LogP contribution < -0.4 is 9.47 Å². The van der Waals surface area contributed by atoms with Crippen molar-refractivity contribution in [3.8, 4) is 22.2 Å². The molecular weight excluding hydrogens is 378 g/mol. The summed E-state index contributed by atoms with van der Waals surface area (Å²) in [7, 11) is 1.56. The van der Waals surface area contributed by atoms with E-state index in [4.69, 9.17) is 14.5 Å². The fraction of sp³-hybridized carbons (Fsp3) is 0.200. The molecule has 3 heterocycles. The molecule has 1 N–H and O–H groups in total. The van der Waals surface area contributed by atoms with Crippen molar-refractivity contribution in [1.82, 2.24) is 15.0 Å². The molecule has 1 aliphatic rings. The van der Waals surface area contributed by atoms with Gasteiger partial charge >= 0.3 is 5.97 Å². The van der Waals surface area contributed by atoms with Crippen LogP contribution >= 0.6 is 11.3 Å². The van der Waals surface area contributed by atoms with Gasteiger partial charge in [0.1, 0.15) is 10.8 Å². The van der Waals surface area contributed by atoms with Gasteiger partial charge in [0.05, 0.1) is 34.6 Å². The number of carboxylic acid groups (broad SMARTS) is 1. The maximum Gasteiger partial charge on any atom is 0.345 e. The summed E-state index contributed by atoms with van der Waals surface area (Å²) >= 11 is 1.52. The molecule has 1 aliphatic heterocycles. The zero-order chi connectivity index (χ0) is 19.4. The lowest BCUT2D eigenvalue weighted by Gasteiger charge is -2.06. The van der Waals surface area contributed by atoms with Crippen LogP contribution in [0.3, 0.4) is 0 Å². The van der Waals surface area contributed by atoms with Gasteiger partial charge in [0.25, 0.3) is 0 Å². The zero-order valence-electron chi connectivity index (χ0n) is 15.1. The van der Waals surface area contributed by atoms with E-state index in [1.165, 1.54) is 11.3 Å². The molecule has 0 radical (unpaired) electrons. The first-order valence-corrected chi connectivity index (χ1v) is 9.49. The second-order valence-corrected chi connectivity index (χ2v) is 7.65. The molecule has 0 saturated heterocycles. The molecule has 0 saturated carbocycles. The third-order valence-electron chi connectivity index (χ3n) is 4.76. The summed E-state index contributed by atoms with van der Waals surface area (Å²) in [4.78, 5) is 25.1. The van der Waals surface area contributed by atoms with Crippen LogP contribution in [-0.2, 0) is 11.2 Å². The average molecular weight is 393 g/mol. The number of methoxy groups -OCH3 is 1. The van der Waals surface area contributed by atoms with Crippen molar-refractivity contribution < 1.29 is 19.4 Å². The molecule has 5 rings (SSSR count). The van der Waals surface area contributed by atoms with E-state index in [-0.39, 0.29) is 0 Å². The maximum absolute atomic E-state index is 11.3. The number of aryl methyl sites for hydroxylation is 1. The fourth-order valence-electron chi connectivity index (χ4n) is 3.47. The van der Waals surface area contributed by atoms with E-state index in [0.717, 1.165) is 42.9 Å². The smallest absolute Gasteiger partial charge is 0.345 e. The van der Waals surface area contributed by atoms with Gasteiger partial charge in [0.2, 0.25) is 5.88 Å². The molecule has 2 aromatic heterocycles. The Balaban J connectivity index is 1.69. The van der Waals surface area contributed by atoms with E-state index < -0.39 is 12.1 Å². The molecular formula is C20H15N3O4S. The second kappa shape index (κ2) is 6.13. The van der Waals surface area contributed by atoms with Crippen molar-refractivity contribution >= 4 is 38.6 Å². The van der Waals surface area contributed by atoms with Gasteiger partial charge in [-0.2, -0.15) is 0 Å². The van der Waals surface area contributed by atoms with Gasteiger partial charge in [0, 0.05) is 17.5 Å². The van der Waals surface area contributed by atoms with Crippen LogP contribution in [0.4, 0.5) is 0 Å². The number of thiazole rings is 1. The van der Waals surface area contributed by atoms with E-state index in [1.807, 2.05) is 25.1 Å². The normalized spacial score (nSPS) is 15.6. The highest BCUT2D eigenvalue weighted by Gasteiger charge is 2.31. The highest BCUT2D eigenvalue weighted by Crippen LogP contribution is 2.41. The summed E-state index contributed by atoms with van der Waals surface area (Å²) in [5.41, 5.74) is 5.16. The van der Waals surface area contributed by atoms with E-state index in [9.17, 15) is 9.90 Å². The number of aromatic nitrogens is 3. The minimum Gasteiger partial charge on any atom is -0.480 e. The second-order valence-electron chi connectivity index (χ2n) is 6.65. The number of nitrogens with zero attached hydrogens (tertiary/aromatic N) is 3. The molecule has 0 aliphatic carbocycles. The van der Waals surface area contributed by atoms with Crippen LogP contribution in [0.1, 0.15) is 11.1 Å². The van der Waals surface area contributed by atoms with Gasteiger partial charge in [-0.3, -0.25) is 0 Å². The first kappa shape index (κ1) is 16.9. The lowest BCUT2D eigenvalue weighted by Crippen LogP contribution is -2.24. The van der Waals surface area contributed by atoms with Gasteiger partial charge < -0.3 is 14.6 Å². The Bertz CT molecular complexity index is 1270. The third kappa shape index (κ3) is 2.56. The lowest BCUT2D eigenvalue weighted by atomic mass is 10.1. The molecule has 1 unspecified atom stereocenters. The Morgan fingerprint density at radius 2 is 2.14 bits per heavy atom. The van der Waals surface area contributed by atoms with E-state index >= 15 is 0 Å². The number of hydrogen-bond acceptors (Lipinski definition) is 7. The summed E-state index contributed by atoms with van der Waals surface area (Å²) in [6, 6.07) is 7.66. The monoisotopic (exact) mass is 393 g/mol. The quantitative estimate of drug-likeness (QED) is 0.568. The molecule has 0 amide bonds. The Morgan fingerprint density at radius 3 is 2.93 bits per heavy atom. The number of rotatable bonds is 3. The summed E-state index contributed by atoms with van der Waals surface area (Å²) in [6.45, 7) is 2.00. The topological polar surface area (TPSA) is 94.4 Å². The summed E-state index contributed by atoms with van der Waals surface area (Å²) in [6.07, 6.45) is 1.09. The Morgan fingerprint density at radius 1 is 1.29 bits per heavy atom. The number of carboxylic acids is 1. The molecule has 28 heavy (non-hydrogen) atoms. The lowest BCUT2D eigenvalue weighted by molar-refractivity contribution is -0.144. The van der Waals surface area contributed by atoms with Crippen LogP contribution in [0.15, 0.2) is 30.5 Å². The highest BCUT2D eigenvalue weighted by atomic mass is 32.1. The van der Waals surface area contributed by atoms with Gasteiger partial charge in [-0.15, -0.1) is 11.3 Å². The predicted molar refractivity (Wildman–Crippen MR) is 105 cm³/mol. The Hall–Kier alpha value is -3.26. The van der Waals surface area contributed by atoms with Crippen molar-refractivity contribution in [2.75, 3.05) is 7.11 Å². The van der Waals surface area contributed by atoms with Gasteiger partial charge in [-0.05, 0) is 36.8 Å². The molecule has 140 valence electrons. The number of fused-ring (bicyclic) bond motifs is 4. The number of carbonyl (C=O) groups is 1. The average Bonchev–Trinajstić information content (AvgIpc) is 3.30. The predicted octanol–water partition coefficient (Wildman–Crippen LogP) is 3.61. The summed E-state index contributed by atoms with van der Waals surface area (Å²) in [5, 5.41) is 10.1. The molecule has 7 nitrogen and oxygen atoms in total. The molecule has 0 spiro atoms. The molecule has 2 aromatic carbocycles. The number of aliphatic carboxylic acids is 1. The minimum absolute atomic E-state index is 0.342. The first-order chi connectivity index (χ1) is 13.5. The van der Waals surface area contributed by atoms with Gasteiger partial charge in [-0.25, -0.2) is 19.7 Å². The van der Waals surface area contributed by atoms with Gasteiger partial charge in [0.15, 0.2) is 6.10 Å². The zero-order valence-corrected chi connectivity index (χ0v) is 15.9. The van der Waals surface area contributed by atoms with E-state index in [0.29, 0.717) is 18.1 Å². The van der Waals surface area contributed by atoms with Crippen molar-refractivity contribution in [1.29, 1.82) is 0 Å². The molecule has 0 bridgehead atoms. The maximum atomic E-state index is 11.3. The van der Waals surface area contributed by atoms with E-state index in [1.54, 1.807) is 19.4 Å². The summed E-state index contributed by atoms with van der Waals surface area (Å²) < 4.78 is 11.7. The van der Waals surface area contributed by atoms with E-state index in [2.05, 4.69) is 9.97 Å². The minimum atomic E-state index is -0.956. The third-order valence-corrected chi connectivity index (χ3v) is 5.92. The number of hydrogen-bond donors (Lipinski definition) is 1. The van der Waals surface area contributed by atoms with Crippen LogP contribution in [0.25, 0.3) is 31.8 Å². The Kier molecular flexibility index (Phi) is 3.70. The van der Waals surface area contributed by atoms with Crippen molar-refractivity contribution in [3.05, 3.63) is 41.6 Å². The molecule has 0 fully saturated rings. The van der Waals surface area contributed by atoms with Crippen LogP contribution in [0.5, 0.6) is 11.6 Å².